The van der Waals surface area contributed by atoms with Crippen LogP contribution in [0, 0.1) is 6.92 Å². The number of nitrogens with one attached hydrogen (secondary N) is 2. The lowest BCUT2D eigenvalue weighted by atomic mass is 10.2. The van der Waals surface area contributed by atoms with Gasteiger partial charge in [-0.05, 0) is 37.1 Å². The van der Waals surface area contributed by atoms with E-state index in [4.69, 9.17) is 9.47 Å². The van der Waals surface area contributed by atoms with Crippen LogP contribution in [0.2, 0.25) is 0 Å². The van der Waals surface area contributed by atoms with Crippen LogP contribution in [0.3, 0.4) is 0 Å². The number of likely N-dealkylation sites (N-methyl/N-ethyl adjacent to an activating group) is 1. The van der Waals surface area contributed by atoms with Crippen molar-refractivity contribution in [2.75, 3.05) is 25.6 Å². The van der Waals surface area contributed by atoms with Gasteiger partial charge in [0.1, 0.15) is 5.75 Å². The zero-order valence-corrected chi connectivity index (χ0v) is 16.7. The number of hydrogen-bond acceptors (Lipinski definition) is 4. The molecule has 0 aliphatic heterocycles. The number of hydrogen-bond donors (Lipinski definition) is 2. The number of unbranched alkanes of at least 4 members (excludes halogenated alkanes) is 1. The predicted molar refractivity (Wildman–Crippen MR) is 103 cm³/mol. The van der Waals surface area contributed by atoms with E-state index in [1.165, 1.54) is 0 Å². The maximum Gasteiger partial charge on any atom is 0.411 e. The summed E-state index contributed by atoms with van der Waals surface area (Å²) in [5.74, 6) is 0.371. The quantitative estimate of drug-likeness (QED) is 0.706. The van der Waals surface area contributed by atoms with Crippen molar-refractivity contribution < 1.29 is 19.1 Å². The molecule has 0 fully saturated rings. The van der Waals surface area contributed by atoms with E-state index in [0.29, 0.717) is 18.0 Å². The summed E-state index contributed by atoms with van der Waals surface area (Å²) in [4.78, 5) is 22.7. The SMILES string of the molecule is CC.CC.CCCCOC(=O)Nc1ccc(OCC(=O)NC)cc1C. The number of carbonyl (C=O) groups excluding carboxylic acids is 2. The first-order chi connectivity index (χ1) is 12.1. The van der Waals surface area contributed by atoms with Gasteiger partial charge in [0.2, 0.25) is 0 Å². The molecule has 0 unspecified atom stereocenters. The average Bonchev–Trinajstić information content (AvgIpc) is 2.65. The monoisotopic (exact) mass is 354 g/mol. The molecule has 1 aromatic rings. The molecule has 0 saturated heterocycles. The second-order valence-corrected chi connectivity index (χ2v) is 4.55. The van der Waals surface area contributed by atoms with Gasteiger partial charge in [-0.1, -0.05) is 41.0 Å². The Balaban J connectivity index is 0. The summed E-state index contributed by atoms with van der Waals surface area (Å²) in [6.45, 7) is 12.2. The molecule has 2 N–H and O–H groups in total. The van der Waals surface area contributed by atoms with Crippen LogP contribution in [0.1, 0.15) is 53.0 Å². The van der Waals surface area contributed by atoms with Crippen LogP contribution in [0.15, 0.2) is 18.2 Å². The van der Waals surface area contributed by atoms with Gasteiger partial charge in [-0.25, -0.2) is 4.79 Å². The van der Waals surface area contributed by atoms with Gasteiger partial charge in [0.25, 0.3) is 5.91 Å². The normalized spacial score (nSPS) is 8.76. The van der Waals surface area contributed by atoms with E-state index >= 15 is 0 Å². The van der Waals surface area contributed by atoms with Gasteiger partial charge in [-0.3, -0.25) is 10.1 Å². The molecular formula is C19H34N2O4. The zero-order valence-electron chi connectivity index (χ0n) is 16.7. The molecule has 6 nitrogen and oxygen atoms in total. The number of anilines is 1. The lowest BCUT2D eigenvalue weighted by molar-refractivity contribution is -0.122. The molecule has 0 aliphatic carbocycles. The van der Waals surface area contributed by atoms with Gasteiger partial charge >= 0.3 is 6.09 Å². The second kappa shape index (κ2) is 16.6. The fourth-order valence-corrected chi connectivity index (χ4v) is 1.54. The average molecular weight is 354 g/mol. The van der Waals surface area contributed by atoms with E-state index in [0.717, 1.165) is 18.4 Å². The van der Waals surface area contributed by atoms with E-state index in [9.17, 15) is 9.59 Å². The van der Waals surface area contributed by atoms with Crippen LogP contribution >= 0.6 is 0 Å². The zero-order chi connectivity index (χ0) is 19.7. The number of aryl methyl sites for hydroxylation is 1. The first-order valence-electron chi connectivity index (χ1n) is 8.94. The van der Waals surface area contributed by atoms with Crippen molar-refractivity contribution in [3.05, 3.63) is 23.8 Å². The van der Waals surface area contributed by atoms with Crippen LogP contribution in [-0.2, 0) is 9.53 Å². The number of ether oxygens (including phenoxy) is 2. The largest absolute Gasteiger partial charge is 0.484 e. The Kier molecular flexibility index (Phi) is 16.6. The van der Waals surface area contributed by atoms with Gasteiger partial charge in [0, 0.05) is 12.7 Å². The molecular weight excluding hydrogens is 320 g/mol. The smallest absolute Gasteiger partial charge is 0.411 e. The van der Waals surface area contributed by atoms with E-state index in [1.54, 1.807) is 25.2 Å². The number of carbonyl (C=O) groups is 2. The topological polar surface area (TPSA) is 76.7 Å². The van der Waals surface area contributed by atoms with Gasteiger partial charge in [-0.15, -0.1) is 0 Å². The molecule has 0 saturated carbocycles. The third kappa shape index (κ3) is 11.9. The number of amides is 2. The number of benzene rings is 1. The Hall–Kier alpha value is -2.24. The minimum atomic E-state index is -0.467. The minimum Gasteiger partial charge on any atom is -0.484 e. The molecule has 1 rings (SSSR count). The molecule has 25 heavy (non-hydrogen) atoms. The highest BCUT2D eigenvalue weighted by Crippen LogP contribution is 2.21. The van der Waals surface area contributed by atoms with Crippen LogP contribution in [-0.4, -0.2) is 32.3 Å². The molecule has 1 aromatic carbocycles. The highest BCUT2D eigenvalue weighted by Gasteiger charge is 2.07. The van der Waals surface area contributed by atoms with Crippen molar-refractivity contribution in [1.29, 1.82) is 0 Å². The predicted octanol–water partition coefficient (Wildman–Crippen LogP) is 4.52. The van der Waals surface area contributed by atoms with Crippen LogP contribution in [0.25, 0.3) is 0 Å². The van der Waals surface area contributed by atoms with Crippen molar-refractivity contribution in [3.8, 4) is 5.75 Å². The Morgan fingerprint density at radius 2 is 1.76 bits per heavy atom. The highest BCUT2D eigenvalue weighted by molar-refractivity contribution is 5.85. The molecule has 0 spiro atoms. The molecule has 0 atom stereocenters. The summed E-state index contributed by atoms with van der Waals surface area (Å²) in [5.41, 5.74) is 1.49. The molecule has 0 aliphatic rings. The molecule has 0 heterocycles. The third-order valence-electron chi connectivity index (χ3n) is 2.81. The summed E-state index contributed by atoms with van der Waals surface area (Å²) >= 11 is 0. The molecule has 0 bridgehead atoms. The molecule has 2 amide bonds. The summed E-state index contributed by atoms with van der Waals surface area (Å²) in [7, 11) is 1.55. The summed E-state index contributed by atoms with van der Waals surface area (Å²) in [6, 6.07) is 5.16. The lowest BCUT2D eigenvalue weighted by Crippen LogP contribution is -2.24. The summed E-state index contributed by atoms with van der Waals surface area (Å²) in [5, 5.41) is 5.15. The fourth-order valence-electron chi connectivity index (χ4n) is 1.54. The van der Waals surface area contributed by atoms with E-state index in [2.05, 4.69) is 10.6 Å². The van der Waals surface area contributed by atoms with Crippen molar-refractivity contribution in [2.45, 2.75) is 54.4 Å². The van der Waals surface area contributed by atoms with Crippen LogP contribution in [0.5, 0.6) is 5.75 Å². The highest BCUT2D eigenvalue weighted by atomic mass is 16.5. The van der Waals surface area contributed by atoms with E-state index in [-0.39, 0.29) is 12.5 Å². The number of rotatable bonds is 7. The lowest BCUT2D eigenvalue weighted by Gasteiger charge is -2.11. The maximum atomic E-state index is 11.6. The van der Waals surface area contributed by atoms with Crippen LogP contribution in [0.4, 0.5) is 10.5 Å². The minimum absolute atomic E-state index is 0.0399. The summed E-state index contributed by atoms with van der Waals surface area (Å²) < 4.78 is 10.4. The van der Waals surface area contributed by atoms with Crippen molar-refractivity contribution in [2.24, 2.45) is 0 Å². The maximum absolute atomic E-state index is 11.6. The Bertz CT molecular complexity index is 490. The van der Waals surface area contributed by atoms with Crippen molar-refractivity contribution in [3.63, 3.8) is 0 Å². The Labute approximate surface area is 152 Å². The molecule has 0 aromatic heterocycles. The Morgan fingerprint density at radius 1 is 1.12 bits per heavy atom. The van der Waals surface area contributed by atoms with Crippen LogP contribution < -0.4 is 15.4 Å². The van der Waals surface area contributed by atoms with Gasteiger partial charge in [-0.2, -0.15) is 0 Å². The first kappa shape index (κ1) is 25.0. The standard InChI is InChI=1S/C15H22N2O4.2C2H6/c1-4-5-8-20-15(19)17-13-7-6-12(9-11(13)2)21-10-14(18)16-3;2*1-2/h6-7,9H,4-5,8,10H2,1-3H3,(H,16,18)(H,17,19);2*1-2H3. The fraction of sp³-hybridized carbons (Fsp3) is 0.579. The van der Waals surface area contributed by atoms with Gasteiger partial charge in [0.15, 0.2) is 6.61 Å². The van der Waals surface area contributed by atoms with Gasteiger partial charge < -0.3 is 14.8 Å². The van der Waals surface area contributed by atoms with E-state index < -0.39 is 6.09 Å². The van der Waals surface area contributed by atoms with Crippen molar-refractivity contribution >= 4 is 17.7 Å². The molecule has 6 heteroatoms. The summed E-state index contributed by atoms with van der Waals surface area (Å²) in [6.07, 6.45) is 1.35. The Morgan fingerprint density at radius 3 is 2.28 bits per heavy atom. The first-order valence-corrected chi connectivity index (χ1v) is 8.94. The van der Waals surface area contributed by atoms with Gasteiger partial charge in [0.05, 0.1) is 6.61 Å². The van der Waals surface area contributed by atoms with E-state index in [1.807, 2.05) is 41.5 Å². The van der Waals surface area contributed by atoms with Crippen molar-refractivity contribution in [1.82, 2.24) is 5.32 Å². The second-order valence-electron chi connectivity index (χ2n) is 4.55. The molecule has 0 radical (unpaired) electrons. The third-order valence-corrected chi connectivity index (χ3v) is 2.81. The molecule has 144 valence electrons.